The second-order valence-electron chi connectivity index (χ2n) is 6.63. The summed E-state index contributed by atoms with van der Waals surface area (Å²) in [7, 11) is 6.21. The van der Waals surface area contributed by atoms with Crippen LogP contribution < -0.4 is 10.6 Å². The van der Waals surface area contributed by atoms with Gasteiger partial charge in [0.25, 0.3) is 0 Å². The largest absolute Gasteiger partial charge is 0.355 e. The number of nitrogens with zero attached hydrogens (tertiary/aromatic N) is 3. The van der Waals surface area contributed by atoms with Crippen molar-refractivity contribution in [2.75, 3.05) is 47.3 Å². The zero-order valence-electron chi connectivity index (χ0n) is 15.2. The fourth-order valence-electron chi connectivity index (χ4n) is 2.98. The first-order valence-corrected chi connectivity index (χ1v) is 8.39. The maximum Gasteiger partial charge on any atom is 0.191 e. The average Bonchev–Trinajstić information content (AvgIpc) is 2.52. The molecule has 1 fully saturated rings. The van der Waals surface area contributed by atoms with Crippen LogP contribution in [0.4, 0.5) is 0 Å². The molecule has 0 radical (unpaired) electrons. The molecule has 1 aromatic rings. The molecule has 0 amide bonds. The van der Waals surface area contributed by atoms with Gasteiger partial charge in [0.1, 0.15) is 0 Å². The van der Waals surface area contributed by atoms with E-state index in [1.807, 2.05) is 7.05 Å². The van der Waals surface area contributed by atoms with Crippen molar-refractivity contribution in [3.05, 3.63) is 34.9 Å². The normalized spacial score (nSPS) is 20.6. The van der Waals surface area contributed by atoms with Crippen LogP contribution in [-0.4, -0.2) is 69.1 Å². The zero-order chi connectivity index (χ0) is 16.8. The average molecular weight is 317 g/mol. The van der Waals surface area contributed by atoms with E-state index in [-0.39, 0.29) is 0 Å². The Morgan fingerprint density at radius 2 is 2.00 bits per heavy atom. The third-order valence-corrected chi connectivity index (χ3v) is 4.65. The molecule has 1 saturated heterocycles. The summed E-state index contributed by atoms with van der Waals surface area (Å²) < 4.78 is 0. The highest BCUT2D eigenvalue weighted by atomic mass is 15.3. The molecule has 1 atom stereocenters. The van der Waals surface area contributed by atoms with Crippen LogP contribution in [0.3, 0.4) is 0 Å². The molecule has 5 nitrogen and oxygen atoms in total. The molecule has 1 aliphatic heterocycles. The number of likely N-dealkylation sites (N-methyl/N-ethyl adjacent to an activating group) is 2. The minimum Gasteiger partial charge on any atom is -0.355 e. The minimum atomic E-state index is 0.522. The first-order valence-electron chi connectivity index (χ1n) is 8.39. The lowest BCUT2D eigenvalue weighted by molar-refractivity contribution is 0.116. The molecule has 2 N–H and O–H groups in total. The third-order valence-electron chi connectivity index (χ3n) is 4.65. The van der Waals surface area contributed by atoms with Crippen LogP contribution >= 0.6 is 0 Å². The lowest BCUT2D eigenvalue weighted by Crippen LogP contribution is -2.55. The summed E-state index contributed by atoms with van der Waals surface area (Å²) in [5, 5.41) is 6.88. The third kappa shape index (κ3) is 5.22. The van der Waals surface area contributed by atoms with E-state index in [1.54, 1.807) is 0 Å². The molecule has 0 aliphatic carbocycles. The molecule has 2 rings (SSSR count). The molecule has 23 heavy (non-hydrogen) atoms. The van der Waals surface area contributed by atoms with Gasteiger partial charge in [-0.3, -0.25) is 9.89 Å². The Bertz CT molecular complexity index is 540. The summed E-state index contributed by atoms with van der Waals surface area (Å²) in [6.45, 7) is 9.36. The van der Waals surface area contributed by atoms with Gasteiger partial charge in [-0.1, -0.05) is 23.8 Å². The van der Waals surface area contributed by atoms with E-state index < -0.39 is 0 Å². The zero-order valence-corrected chi connectivity index (χ0v) is 15.2. The second-order valence-corrected chi connectivity index (χ2v) is 6.63. The lowest BCUT2D eigenvalue weighted by Gasteiger charge is -2.37. The Morgan fingerprint density at radius 1 is 1.22 bits per heavy atom. The van der Waals surface area contributed by atoms with Crippen molar-refractivity contribution in [2.24, 2.45) is 4.99 Å². The highest BCUT2D eigenvalue weighted by molar-refractivity contribution is 5.79. The van der Waals surface area contributed by atoms with Crippen molar-refractivity contribution >= 4 is 5.96 Å². The highest BCUT2D eigenvalue weighted by Gasteiger charge is 2.21. The first kappa shape index (κ1) is 17.8. The number of piperazine rings is 1. The number of guanidine groups is 1. The molecule has 1 unspecified atom stereocenters. The molecule has 5 heteroatoms. The van der Waals surface area contributed by atoms with Crippen LogP contribution in [0.25, 0.3) is 0 Å². The molecule has 1 aromatic carbocycles. The topological polar surface area (TPSA) is 42.9 Å². The molecular weight excluding hydrogens is 286 g/mol. The molecular formula is C18H31N5. The summed E-state index contributed by atoms with van der Waals surface area (Å²) in [6.07, 6.45) is 0. The quantitative estimate of drug-likeness (QED) is 0.647. The maximum absolute atomic E-state index is 4.34. The van der Waals surface area contributed by atoms with Gasteiger partial charge in [-0.2, -0.15) is 0 Å². The Kier molecular flexibility index (Phi) is 6.42. The van der Waals surface area contributed by atoms with E-state index in [1.165, 1.54) is 16.7 Å². The van der Waals surface area contributed by atoms with Gasteiger partial charge in [-0.15, -0.1) is 0 Å². The van der Waals surface area contributed by atoms with E-state index in [4.69, 9.17) is 0 Å². The van der Waals surface area contributed by atoms with Gasteiger partial charge in [0, 0.05) is 45.8 Å². The Balaban J connectivity index is 1.83. The number of aryl methyl sites for hydroxylation is 2. The molecule has 0 spiro atoms. The van der Waals surface area contributed by atoms with Gasteiger partial charge in [-0.05, 0) is 39.1 Å². The number of rotatable bonds is 4. The van der Waals surface area contributed by atoms with Crippen LogP contribution in [0.1, 0.15) is 16.7 Å². The Hall–Kier alpha value is -1.59. The van der Waals surface area contributed by atoms with Crippen LogP contribution in [0.5, 0.6) is 0 Å². The Morgan fingerprint density at radius 3 is 2.70 bits per heavy atom. The summed E-state index contributed by atoms with van der Waals surface area (Å²) >= 11 is 0. The molecule has 0 saturated carbocycles. The van der Waals surface area contributed by atoms with Gasteiger partial charge >= 0.3 is 0 Å². The first-order chi connectivity index (χ1) is 11.0. The van der Waals surface area contributed by atoms with Gasteiger partial charge in [0.2, 0.25) is 0 Å². The monoisotopic (exact) mass is 317 g/mol. The van der Waals surface area contributed by atoms with Gasteiger partial charge < -0.3 is 15.5 Å². The van der Waals surface area contributed by atoms with E-state index >= 15 is 0 Å². The summed E-state index contributed by atoms with van der Waals surface area (Å²) in [6, 6.07) is 7.09. The number of benzene rings is 1. The van der Waals surface area contributed by atoms with Crippen molar-refractivity contribution in [1.29, 1.82) is 0 Å². The van der Waals surface area contributed by atoms with Crippen LogP contribution in [0.15, 0.2) is 23.2 Å². The van der Waals surface area contributed by atoms with Crippen LogP contribution in [0, 0.1) is 13.8 Å². The SMILES string of the molecule is CN=C(NCc1ccc(C)cc1C)NCC1CN(C)CCN1C. The van der Waals surface area contributed by atoms with Gasteiger partial charge in [-0.25, -0.2) is 0 Å². The standard InChI is InChI=1S/C18H31N5/c1-14-6-7-16(15(2)10-14)11-20-18(19-3)21-12-17-13-22(4)8-9-23(17)5/h6-7,10,17H,8-9,11-13H2,1-5H3,(H2,19,20,21). The maximum atomic E-state index is 4.34. The minimum absolute atomic E-state index is 0.522. The van der Waals surface area contributed by atoms with Crippen molar-refractivity contribution in [3.8, 4) is 0 Å². The van der Waals surface area contributed by atoms with Crippen molar-refractivity contribution < 1.29 is 0 Å². The number of aliphatic imine (C=N–C) groups is 1. The summed E-state index contributed by atoms with van der Waals surface area (Å²) in [5.74, 6) is 0.867. The Labute approximate surface area is 140 Å². The number of hydrogen-bond acceptors (Lipinski definition) is 3. The number of hydrogen-bond donors (Lipinski definition) is 2. The van der Waals surface area contributed by atoms with Gasteiger partial charge in [0.05, 0.1) is 0 Å². The van der Waals surface area contributed by atoms with Crippen molar-refractivity contribution in [1.82, 2.24) is 20.4 Å². The fourth-order valence-corrected chi connectivity index (χ4v) is 2.98. The summed E-state index contributed by atoms with van der Waals surface area (Å²) in [5.41, 5.74) is 3.94. The lowest BCUT2D eigenvalue weighted by atomic mass is 10.1. The van der Waals surface area contributed by atoms with Gasteiger partial charge in [0.15, 0.2) is 5.96 Å². The fraction of sp³-hybridized carbons (Fsp3) is 0.611. The predicted molar refractivity (Wildman–Crippen MR) is 98.0 cm³/mol. The predicted octanol–water partition coefficient (Wildman–Crippen LogP) is 1.21. The van der Waals surface area contributed by atoms with Crippen LogP contribution in [-0.2, 0) is 6.54 Å². The van der Waals surface area contributed by atoms with Crippen molar-refractivity contribution in [3.63, 3.8) is 0 Å². The summed E-state index contributed by atoms with van der Waals surface area (Å²) in [4.78, 5) is 9.15. The van der Waals surface area contributed by atoms with E-state index in [0.29, 0.717) is 6.04 Å². The van der Waals surface area contributed by atoms with E-state index in [2.05, 4.69) is 71.6 Å². The highest BCUT2D eigenvalue weighted by Crippen LogP contribution is 2.10. The van der Waals surface area contributed by atoms with Crippen LogP contribution in [0.2, 0.25) is 0 Å². The van der Waals surface area contributed by atoms with E-state index in [0.717, 1.165) is 38.7 Å². The number of nitrogens with one attached hydrogen (secondary N) is 2. The molecule has 128 valence electrons. The molecule has 1 heterocycles. The molecule has 0 aromatic heterocycles. The smallest absolute Gasteiger partial charge is 0.191 e. The molecule has 1 aliphatic rings. The van der Waals surface area contributed by atoms with Crippen molar-refractivity contribution in [2.45, 2.75) is 26.4 Å². The second kappa shape index (κ2) is 8.31. The molecule has 0 bridgehead atoms. The van der Waals surface area contributed by atoms with E-state index in [9.17, 15) is 0 Å².